The Morgan fingerprint density at radius 3 is 2.61 bits per heavy atom. The second-order valence-corrected chi connectivity index (χ2v) is 8.35. The predicted molar refractivity (Wildman–Crippen MR) is 115 cm³/mol. The lowest BCUT2D eigenvalue weighted by molar-refractivity contribution is 0.0275. The standard InChI is InChI=1S/C24H26N2O5/c1-24(2,3)31-23(28)26-11-10-19(15-26)30-21-9-8-18(22(27)29-4)13-20(21)17-7-5-6-16(12-17)14-25/h5-9,12-13,19H,10-11,15H2,1-4H3/t19-/m1/s1. The van der Waals surface area contributed by atoms with Crippen LogP contribution in [0.3, 0.4) is 0 Å². The van der Waals surface area contributed by atoms with Crippen molar-refractivity contribution in [3.8, 4) is 22.9 Å². The van der Waals surface area contributed by atoms with E-state index in [4.69, 9.17) is 14.2 Å². The van der Waals surface area contributed by atoms with Gasteiger partial charge in [-0.15, -0.1) is 0 Å². The van der Waals surface area contributed by atoms with Crippen molar-refractivity contribution in [3.63, 3.8) is 0 Å². The number of nitrogens with zero attached hydrogens (tertiary/aromatic N) is 2. The molecule has 1 aliphatic rings. The van der Waals surface area contributed by atoms with Gasteiger partial charge in [0.2, 0.25) is 0 Å². The van der Waals surface area contributed by atoms with Gasteiger partial charge in [-0.2, -0.15) is 5.26 Å². The summed E-state index contributed by atoms with van der Waals surface area (Å²) in [6.45, 7) is 6.45. The molecule has 162 valence electrons. The Kier molecular flexibility index (Phi) is 6.50. The average molecular weight is 422 g/mol. The number of hydrogen-bond acceptors (Lipinski definition) is 6. The molecule has 0 N–H and O–H groups in total. The maximum atomic E-state index is 12.3. The van der Waals surface area contributed by atoms with Crippen molar-refractivity contribution < 1.29 is 23.8 Å². The fraction of sp³-hybridized carbons (Fsp3) is 0.375. The number of rotatable bonds is 4. The highest BCUT2D eigenvalue weighted by atomic mass is 16.6. The van der Waals surface area contributed by atoms with Crippen molar-refractivity contribution >= 4 is 12.1 Å². The van der Waals surface area contributed by atoms with E-state index in [1.807, 2.05) is 26.8 Å². The molecule has 1 aliphatic heterocycles. The summed E-state index contributed by atoms with van der Waals surface area (Å²) in [5.41, 5.74) is 1.76. The van der Waals surface area contributed by atoms with Gasteiger partial charge in [0.25, 0.3) is 0 Å². The van der Waals surface area contributed by atoms with Gasteiger partial charge in [0.05, 0.1) is 30.9 Å². The van der Waals surface area contributed by atoms with E-state index in [1.165, 1.54) is 7.11 Å². The van der Waals surface area contributed by atoms with Gasteiger partial charge in [0.15, 0.2) is 0 Å². The molecule has 1 atom stereocenters. The molecule has 7 nitrogen and oxygen atoms in total. The van der Waals surface area contributed by atoms with Crippen LogP contribution in [-0.2, 0) is 9.47 Å². The van der Waals surface area contributed by atoms with Crippen LogP contribution in [0.15, 0.2) is 42.5 Å². The van der Waals surface area contributed by atoms with Crippen LogP contribution in [0.5, 0.6) is 5.75 Å². The summed E-state index contributed by atoms with van der Waals surface area (Å²) in [6.07, 6.45) is 0.0892. The van der Waals surface area contributed by atoms with Crippen molar-refractivity contribution in [2.75, 3.05) is 20.2 Å². The van der Waals surface area contributed by atoms with Crippen LogP contribution in [0, 0.1) is 11.3 Å². The lowest BCUT2D eigenvalue weighted by Gasteiger charge is -2.24. The molecule has 31 heavy (non-hydrogen) atoms. The Morgan fingerprint density at radius 2 is 1.94 bits per heavy atom. The first-order valence-corrected chi connectivity index (χ1v) is 10.1. The van der Waals surface area contributed by atoms with E-state index in [0.29, 0.717) is 42.0 Å². The minimum atomic E-state index is -0.557. The Bertz CT molecular complexity index is 1020. The lowest BCUT2D eigenvalue weighted by atomic mass is 10.00. The summed E-state index contributed by atoms with van der Waals surface area (Å²) in [6, 6.07) is 14.3. The Labute approximate surface area is 182 Å². The van der Waals surface area contributed by atoms with Crippen LogP contribution in [0.25, 0.3) is 11.1 Å². The number of amides is 1. The highest BCUT2D eigenvalue weighted by Gasteiger charge is 2.31. The first-order chi connectivity index (χ1) is 14.7. The largest absolute Gasteiger partial charge is 0.488 e. The maximum Gasteiger partial charge on any atom is 0.410 e. The first-order valence-electron chi connectivity index (χ1n) is 10.1. The first kappa shape index (κ1) is 22.2. The maximum absolute atomic E-state index is 12.3. The molecule has 1 heterocycles. The van der Waals surface area contributed by atoms with Gasteiger partial charge in [-0.05, 0) is 56.7 Å². The molecular formula is C24H26N2O5. The molecular weight excluding hydrogens is 396 g/mol. The van der Waals surface area contributed by atoms with Crippen molar-refractivity contribution in [2.24, 2.45) is 0 Å². The summed E-state index contributed by atoms with van der Waals surface area (Å²) in [7, 11) is 1.33. The van der Waals surface area contributed by atoms with Gasteiger partial charge in [0, 0.05) is 18.5 Å². The summed E-state index contributed by atoms with van der Waals surface area (Å²) < 4.78 is 16.5. The Morgan fingerprint density at radius 1 is 1.16 bits per heavy atom. The van der Waals surface area contributed by atoms with Gasteiger partial charge in [-0.3, -0.25) is 0 Å². The number of ether oxygens (including phenoxy) is 3. The zero-order valence-corrected chi connectivity index (χ0v) is 18.2. The lowest BCUT2D eigenvalue weighted by Crippen LogP contribution is -2.36. The van der Waals surface area contributed by atoms with Crippen LogP contribution in [0.1, 0.15) is 43.1 Å². The summed E-state index contributed by atoms with van der Waals surface area (Å²) in [4.78, 5) is 26.0. The zero-order chi connectivity index (χ0) is 22.6. The van der Waals surface area contributed by atoms with Gasteiger partial charge in [-0.25, -0.2) is 9.59 Å². The Balaban J connectivity index is 1.85. The van der Waals surface area contributed by atoms with Crippen molar-refractivity contribution in [2.45, 2.75) is 38.9 Å². The molecule has 3 rings (SSSR count). The van der Waals surface area contributed by atoms with Gasteiger partial charge in [0.1, 0.15) is 17.5 Å². The SMILES string of the molecule is COC(=O)c1ccc(O[C@@H]2CCN(C(=O)OC(C)(C)C)C2)c(-c2cccc(C#N)c2)c1. The van der Waals surface area contributed by atoms with Crippen LogP contribution in [0.2, 0.25) is 0 Å². The smallest absolute Gasteiger partial charge is 0.410 e. The predicted octanol–water partition coefficient (Wildman–Crippen LogP) is 4.40. The zero-order valence-electron chi connectivity index (χ0n) is 18.2. The van der Waals surface area contributed by atoms with E-state index >= 15 is 0 Å². The number of nitriles is 1. The summed E-state index contributed by atoms with van der Waals surface area (Å²) in [5.74, 6) is 0.111. The van der Waals surface area contributed by atoms with Gasteiger partial charge in [-0.1, -0.05) is 12.1 Å². The molecule has 7 heteroatoms. The molecule has 2 aromatic rings. The fourth-order valence-corrected chi connectivity index (χ4v) is 3.36. The van der Waals surface area contributed by atoms with Gasteiger partial charge >= 0.3 is 12.1 Å². The van der Waals surface area contributed by atoms with E-state index in [0.717, 1.165) is 5.56 Å². The molecule has 0 saturated carbocycles. The van der Waals surface area contributed by atoms with E-state index in [1.54, 1.807) is 41.3 Å². The normalized spacial score (nSPS) is 15.8. The quantitative estimate of drug-likeness (QED) is 0.679. The number of hydrogen-bond donors (Lipinski definition) is 0. The highest BCUT2D eigenvalue weighted by Crippen LogP contribution is 2.34. The molecule has 0 radical (unpaired) electrons. The van der Waals surface area contributed by atoms with Crippen LogP contribution >= 0.6 is 0 Å². The molecule has 0 aliphatic carbocycles. The van der Waals surface area contributed by atoms with Gasteiger partial charge < -0.3 is 19.1 Å². The second kappa shape index (κ2) is 9.09. The molecule has 1 fully saturated rings. The minimum Gasteiger partial charge on any atom is -0.488 e. The fourth-order valence-electron chi connectivity index (χ4n) is 3.36. The summed E-state index contributed by atoms with van der Waals surface area (Å²) in [5, 5.41) is 9.25. The number of carbonyl (C=O) groups is 2. The minimum absolute atomic E-state index is 0.214. The molecule has 0 aromatic heterocycles. The molecule has 2 aromatic carbocycles. The van der Waals surface area contributed by atoms with E-state index in [2.05, 4.69) is 6.07 Å². The number of benzene rings is 2. The number of methoxy groups -OCH3 is 1. The van der Waals surface area contributed by atoms with Crippen LogP contribution < -0.4 is 4.74 Å². The Hall–Kier alpha value is -3.53. The third kappa shape index (κ3) is 5.54. The second-order valence-electron chi connectivity index (χ2n) is 8.35. The topological polar surface area (TPSA) is 88.9 Å². The monoisotopic (exact) mass is 422 g/mol. The van der Waals surface area contributed by atoms with E-state index in [-0.39, 0.29) is 12.2 Å². The molecule has 0 spiro atoms. The molecule has 0 unspecified atom stereocenters. The van der Waals surface area contributed by atoms with Crippen LogP contribution in [0.4, 0.5) is 4.79 Å². The van der Waals surface area contributed by atoms with Crippen molar-refractivity contribution in [1.29, 1.82) is 5.26 Å². The van der Waals surface area contributed by atoms with E-state index in [9.17, 15) is 14.9 Å². The van der Waals surface area contributed by atoms with Crippen molar-refractivity contribution in [3.05, 3.63) is 53.6 Å². The number of esters is 1. The molecule has 0 bridgehead atoms. The average Bonchev–Trinajstić information content (AvgIpc) is 3.21. The summed E-state index contributed by atoms with van der Waals surface area (Å²) >= 11 is 0. The van der Waals surface area contributed by atoms with Crippen LogP contribution in [-0.4, -0.2) is 48.9 Å². The number of carbonyl (C=O) groups excluding carboxylic acids is 2. The molecule has 1 amide bonds. The third-order valence-electron chi connectivity index (χ3n) is 4.79. The van der Waals surface area contributed by atoms with E-state index < -0.39 is 11.6 Å². The highest BCUT2D eigenvalue weighted by molar-refractivity contribution is 5.92. The van der Waals surface area contributed by atoms with Crippen molar-refractivity contribution in [1.82, 2.24) is 4.90 Å². The molecule has 1 saturated heterocycles. The number of likely N-dealkylation sites (tertiary alicyclic amines) is 1. The third-order valence-corrected chi connectivity index (χ3v) is 4.79.